The summed E-state index contributed by atoms with van der Waals surface area (Å²) in [7, 11) is 0. The molecule has 1 aliphatic heterocycles. The van der Waals surface area contributed by atoms with Crippen LogP contribution in [0.5, 0.6) is 0 Å². The quantitative estimate of drug-likeness (QED) is 0.607. The first kappa shape index (κ1) is 16.2. The molecule has 0 N–H and O–H groups in total. The van der Waals surface area contributed by atoms with Crippen LogP contribution in [-0.4, -0.2) is 6.85 Å². The third-order valence-corrected chi connectivity index (χ3v) is 5.64. The average Bonchev–Trinajstić information content (AvgIpc) is 3.14. The summed E-state index contributed by atoms with van der Waals surface area (Å²) in [5, 5.41) is 2.18. The number of para-hydroxylation sites is 1. The fourth-order valence-corrected chi connectivity index (χ4v) is 4.40. The molecule has 1 nitrogen and oxygen atoms in total. The molecule has 4 rings (SSSR count). The van der Waals surface area contributed by atoms with Crippen molar-refractivity contribution in [3.8, 4) is 0 Å². The van der Waals surface area contributed by atoms with Gasteiger partial charge in [-0.25, -0.2) is 0 Å². The Kier molecular flexibility index (Phi) is 4.05. The minimum absolute atomic E-state index is 0.0544. The minimum atomic E-state index is 0.0544. The second-order valence-electron chi connectivity index (χ2n) is 7.53. The van der Waals surface area contributed by atoms with E-state index in [2.05, 4.69) is 104 Å². The van der Waals surface area contributed by atoms with Crippen molar-refractivity contribution in [3.63, 3.8) is 0 Å². The SMILES string of the molecule is CC(C)(C)C1=Cc2ccccc2B(c2cccs2)N1c1ccccc1. The van der Waals surface area contributed by atoms with Crippen molar-refractivity contribution in [3.05, 3.63) is 83.4 Å². The van der Waals surface area contributed by atoms with Gasteiger partial charge in [0, 0.05) is 21.6 Å². The Bertz CT molecular complexity index is 891. The third kappa shape index (κ3) is 2.93. The second-order valence-corrected chi connectivity index (χ2v) is 8.51. The van der Waals surface area contributed by atoms with Crippen molar-refractivity contribution in [1.29, 1.82) is 0 Å². The van der Waals surface area contributed by atoms with Crippen LogP contribution in [0.3, 0.4) is 0 Å². The van der Waals surface area contributed by atoms with Gasteiger partial charge in [0.25, 0.3) is 0 Å². The molecule has 25 heavy (non-hydrogen) atoms. The molecule has 0 atom stereocenters. The van der Waals surface area contributed by atoms with Crippen molar-refractivity contribution in [1.82, 2.24) is 0 Å². The molecule has 0 saturated heterocycles. The van der Waals surface area contributed by atoms with Crippen LogP contribution in [-0.2, 0) is 0 Å². The van der Waals surface area contributed by atoms with Gasteiger partial charge >= 0.3 is 6.85 Å². The maximum absolute atomic E-state index is 2.52. The zero-order valence-electron chi connectivity index (χ0n) is 14.9. The molecule has 0 saturated carbocycles. The summed E-state index contributed by atoms with van der Waals surface area (Å²) < 4.78 is 1.38. The molecule has 0 bridgehead atoms. The lowest BCUT2D eigenvalue weighted by atomic mass is 9.49. The highest BCUT2D eigenvalue weighted by atomic mass is 32.1. The molecule has 124 valence electrons. The Labute approximate surface area is 154 Å². The van der Waals surface area contributed by atoms with Crippen molar-refractivity contribution in [2.24, 2.45) is 5.41 Å². The van der Waals surface area contributed by atoms with Crippen molar-refractivity contribution in [2.75, 3.05) is 4.81 Å². The number of thiophene rings is 1. The van der Waals surface area contributed by atoms with Crippen molar-refractivity contribution < 1.29 is 0 Å². The lowest BCUT2D eigenvalue weighted by Crippen LogP contribution is -2.59. The van der Waals surface area contributed by atoms with Gasteiger partial charge in [0.1, 0.15) is 0 Å². The lowest BCUT2D eigenvalue weighted by Gasteiger charge is -2.42. The number of anilines is 1. The van der Waals surface area contributed by atoms with E-state index in [1.807, 2.05) is 11.3 Å². The molecule has 3 heteroatoms. The first-order valence-corrected chi connectivity index (χ1v) is 9.62. The summed E-state index contributed by atoms with van der Waals surface area (Å²) >= 11 is 1.84. The van der Waals surface area contributed by atoms with Gasteiger partial charge in [-0.05, 0) is 34.6 Å². The molecule has 0 radical (unpaired) electrons. The maximum Gasteiger partial charge on any atom is 0.338 e. The predicted octanol–water partition coefficient (Wildman–Crippen LogP) is 4.76. The molecule has 0 fully saturated rings. The standard InChI is InChI=1S/C22H22BNS/c1-22(2,3)20-16-17-10-7-8-13-19(17)23(21-14-9-15-25-21)24(20)18-11-5-4-6-12-18/h4-16H,1-3H3. The van der Waals surface area contributed by atoms with Crippen molar-refractivity contribution >= 4 is 40.2 Å². The third-order valence-electron chi connectivity index (χ3n) is 4.72. The van der Waals surface area contributed by atoms with E-state index in [0.29, 0.717) is 0 Å². The molecule has 0 amide bonds. The van der Waals surface area contributed by atoms with Crippen LogP contribution < -0.4 is 15.1 Å². The monoisotopic (exact) mass is 343 g/mol. The van der Waals surface area contributed by atoms with E-state index in [0.717, 1.165) is 0 Å². The summed E-state index contributed by atoms with van der Waals surface area (Å²) in [5.74, 6) is 0. The van der Waals surface area contributed by atoms with E-state index in [1.165, 1.54) is 27.2 Å². The average molecular weight is 343 g/mol. The molecular formula is C22H22BNS. The fourth-order valence-electron chi connectivity index (χ4n) is 3.57. The van der Waals surface area contributed by atoms with Crippen LogP contribution in [0.25, 0.3) is 6.08 Å². The Balaban J connectivity index is 1.99. The number of hydrogen-bond donors (Lipinski definition) is 0. The molecule has 0 spiro atoms. The first-order valence-electron chi connectivity index (χ1n) is 8.74. The molecule has 2 heterocycles. The summed E-state index contributed by atoms with van der Waals surface area (Å²) in [6.07, 6.45) is 2.37. The summed E-state index contributed by atoms with van der Waals surface area (Å²) in [6.45, 7) is 7.12. The Morgan fingerprint density at radius 2 is 1.56 bits per heavy atom. The zero-order chi connectivity index (χ0) is 17.4. The number of benzene rings is 2. The number of hydrogen-bond acceptors (Lipinski definition) is 2. The topological polar surface area (TPSA) is 3.24 Å². The van der Waals surface area contributed by atoms with E-state index < -0.39 is 0 Å². The van der Waals surface area contributed by atoms with Gasteiger partial charge in [-0.1, -0.05) is 75.4 Å². The second kappa shape index (κ2) is 6.23. The van der Waals surface area contributed by atoms with Gasteiger partial charge in [-0.3, -0.25) is 0 Å². The van der Waals surface area contributed by atoms with Gasteiger partial charge in [-0.2, -0.15) is 11.3 Å². The Morgan fingerprint density at radius 3 is 2.24 bits per heavy atom. The predicted molar refractivity (Wildman–Crippen MR) is 112 cm³/mol. The van der Waals surface area contributed by atoms with Gasteiger partial charge in [0.2, 0.25) is 0 Å². The fraction of sp³-hybridized carbons (Fsp3) is 0.182. The van der Waals surface area contributed by atoms with E-state index in [1.54, 1.807) is 0 Å². The van der Waals surface area contributed by atoms with Crippen molar-refractivity contribution in [2.45, 2.75) is 20.8 Å². The number of allylic oxidation sites excluding steroid dienone is 1. The van der Waals surface area contributed by atoms with Gasteiger partial charge in [0.15, 0.2) is 0 Å². The highest BCUT2D eigenvalue weighted by Crippen LogP contribution is 2.36. The molecule has 0 aliphatic carbocycles. The number of nitrogens with zero attached hydrogens (tertiary/aromatic N) is 1. The lowest BCUT2D eigenvalue weighted by molar-refractivity contribution is 0.501. The highest BCUT2D eigenvalue weighted by molar-refractivity contribution is 7.24. The minimum Gasteiger partial charge on any atom is -0.379 e. The Hall–Kier alpha value is -2.26. The molecule has 3 aromatic rings. The zero-order valence-corrected chi connectivity index (χ0v) is 15.8. The Morgan fingerprint density at radius 1 is 0.840 bits per heavy atom. The first-order chi connectivity index (χ1) is 12.1. The van der Waals surface area contributed by atoms with Gasteiger partial charge in [-0.15, -0.1) is 0 Å². The number of rotatable bonds is 2. The van der Waals surface area contributed by atoms with Crippen LogP contribution in [0.1, 0.15) is 26.3 Å². The highest BCUT2D eigenvalue weighted by Gasteiger charge is 2.39. The smallest absolute Gasteiger partial charge is 0.338 e. The number of fused-ring (bicyclic) bond motifs is 1. The van der Waals surface area contributed by atoms with Crippen LogP contribution in [0.15, 0.2) is 77.8 Å². The summed E-state index contributed by atoms with van der Waals surface area (Å²) in [4.78, 5) is 2.52. The summed E-state index contributed by atoms with van der Waals surface area (Å²) in [5.41, 5.74) is 5.37. The summed E-state index contributed by atoms with van der Waals surface area (Å²) in [6, 6.07) is 24.0. The molecular weight excluding hydrogens is 321 g/mol. The normalized spacial score (nSPS) is 14.3. The van der Waals surface area contributed by atoms with Crippen LogP contribution >= 0.6 is 11.3 Å². The van der Waals surface area contributed by atoms with E-state index in [4.69, 9.17) is 0 Å². The van der Waals surface area contributed by atoms with E-state index in [9.17, 15) is 0 Å². The maximum atomic E-state index is 2.52. The molecule has 2 aromatic carbocycles. The molecule has 0 unspecified atom stereocenters. The van der Waals surface area contributed by atoms with Gasteiger partial charge < -0.3 is 4.81 Å². The van der Waals surface area contributed by atoms with Crippen LogP contribution in [0.2, 0.25) is 0 Å². The van der Waals surface area contributed by atoms with Crippen LogP contribution in [0, 0.1) is 5.41 Å². The van der Waals surface area contributed by atoms with Gasteiger partial charge in [0.05, 0.1) is 0 Å². The largest absolute Gasteiger partial charge is 0.379 e. The van der Waals surface area contributed by atoms with E-state index >= 15 is 0 Å². The molecule has 1 aromatic heterocycles. The van der Waals surface area contributed by atoms with Crippen LogP contribution in [0.4, 0.5) is 5.69 Å². The molecule has 1 aliphatic rings. The van der Waals surface area contributed by atoms with E-state index in [-0.39, 0.29) is 12.3 Å².